The molecule has 2 aromatic carbocycles. The fraction of sp³-hybridized carbons (Fsp3) is 0.350. The van der Waals surface area contributed by atoms with Crippen molar-refractivity contribution in [1.29, 1.82) is 0 Å². The lowest BCUT2D eigenvalue weighted by Crippen LogP contribution is -2.30. The second-order valence-corrected chi connectivity index (χ2v) is 6.35. The Morgan fingerprint density at radius 2 is 1.50 bits per heavy atom. The van der Waals surface area contributed by atoms with Gasteiger partial charge in [-0.25, -0.2) is 4.79 Å². The van der Waals surface area contributed by atoms with Crippen molar-refractivity contribution < 1.29 is 14.6 Å². The van der Waals surface area contributed by atoms with Crippen LogP contribution in [0.15, 0.2) is 48.5 Å². The number of hydrogen-bond donors (Lipinski definition) is 2. The molecule has 2 aromatic rings. The number of rotatable bonds is 3. The number of carbonyl (C=O) groups excluding carboxylic acids is 1. The van der Waals surface area contributed by atoms with E-state index in [1.165, 1.54) is 30.4 Å². The maximum Gasteiger partial charge on any atom is 0.412 e. The summed E-state index contributed by atoms with van der Waals surface area (Å²) in [5.41, 5.74) is 2.44. The topological polar surface area (TPSA) is 58.6 Å². The molecule has 2 N–H and O–H groups in total. The smallest absolute Gasteiger partial charge is 0.412 e. The summed E-state index contributed by atoms with van der Waals surface area (Å²) < 4.78 is 5.18. The van der Waals surface area contributed by atoms with Crippen LogP contribution in [0.3, 0.4) is 0 Å². The van der Waals surface area contributed by atoms with E-state index >= 15 is 0 Å². The first-order valence-electron chi connectivity index (χ1n) is 8.44. The zero-order valence-electron chi connectivity index (χ0n) is 13.9. The highest BCUT2D eigenvalue weighted by Crippen LogP contribution is 2.45. The molecule has 126 valence electrons. The SMILES string of the molecule is CNC(=O)Oc1ccc(C2(c3ccc(O)cc3)CCCCC2)cc1. The Balaban J connectivity index is 1.94. The van der Waals surface area contributed by atoms with Crippen molar-refractivity contribution in [3.8, 4) is 11.5 Å². The number of carbonyl (C=O) groups is 1. The third-order valence-corrected chi connectivity index (χ3v) is 4.95. The highest BCUT2D eigenvalue weighted by molar-refractivity contribution is 5.69. The first-order chi connectivity index (χ1) is 11.6. The number of ether oxygens (including phenoxy) is 1. The number of phenols is 1. The first-order valence-corrected chi connectivity index (χ1v) is 8.44. The van der Waals surface area contributed by atoms with Gasteiger partial charge in [0.1, 0.15) is 11.5 Å². The molecule has 0 aromatic heterocycles. The summed E-state index contributed by atoms with van der Waals surface area (Å²) in [4.78, 5) is 11.3. The molecule has 0 spiro atoms. The molecule has 1 amide bonds. The summed E-state index contributed by atoms with van der Waals surface area (Å²) in [6.07, 6.45) is 5.36. The van der Waals surface area contributed by atoms with Crippen molar-refractivity contribution in [2.75, 3.05) is 7.05 Å². The Bertz CT molecular complexity index is 686. The molecular formula is C20H23NO3. The van der Waals surface area contributed by atoms with E-state index in [-0.39, 0.29) is 5.41 Å². The number of phenolic OH excluding ortho intramolecular Hbond substituents is 1. The number of aromatic hydroxyl groups is 1. The van der Waals surface area contributed by atoms with Gasteiger partial charge in [0.2, 0.25) is 0 Å². The lowest BCUT2D eigenvalue weighted by molar-refractivity contribution is 0.203. The van der Waals surface area contributed by atoms with E-state index in [1.54, 1.807) is 19.2 Å². The van der Waals surface area contributed by atoms with Gasteiger partial charge in [0.25, 0.3) is 0 Å². The van der Waals surface area contributed by atoms with E-state index in [0.29, 0.717) is 11.5 Å². The molecule has 0 unspecified atom stereocenters. The van der Waals surface area contributed by atoms with Crippen LogP contribution in [0, 0.1) is 0 Å². The van der Waals surface area contributed by atoms with Crippen LogP contribution >= 0.6 is 0 Å². The summed E-state index contributed by atoms with van der Waals surface area (Å²) in [5, 5.41) is 12.0. The summed E-state index contributed by atoms with van der Waals surface area (Å²) >= 11 is 0. The van der Waals surface area contributed by atoms with Gasteiger partial charge in [0, 0.05) is 12.5 Å². The van der Waals surface area contributed by atoms with Gasteiger partial charge in [-0.1, -0.05) is 43.5 Å². The van der Waals surface area contributed by atoms with Crippen molar-refractivity contribution >= 4 is 6.09 Å². The Kier molecular flexibility index (Phi) is 4.74. The largest absolute Gasteiger partial charge is 0.508 e. The van der Waals surface area contributed by atoms with Crippen LogP contribution < -0.4 is 10.1 Å². The van der Waals surface area contributed by atoms with Crippen LogP contribution in [0.2, 0.25) is 0 Å². The van der Waals surface area contributed by atoms with Gasteiger partial charge in [0.05, 0.1) is 0 Å². The molecule has 0 atom stereocenters. The highest BCUT2D eigenvalue weighted by atomic mass is 16.5. The summed E-state index contributed by atoms with van der Waals surface area (Å²) in [6, 6.07) is 15.4. The maximum atomic E-state index is 11.3. The number of amides is 1. The molecule has 1 aliphatic rings. The molecule has 0 aliphatic heterocycles. The molecule has 0 saturated heterocycles. The third kappa shape index (κ3) is 3.23. The van der Waals surface area contributed by atoms with Crippen molar-refractivity contribution in [3.05, 3.63) is 59.7 Å². The van der Waals surface area contributed by atoms with Crippen LogP contribution in [0.5, 0.6) is 11.5 Å². The molecule has 24 heavy (non-hydrogen) atoms. The van der Waals surface area contributed by atoms with Crippen molar-refractivity contribution in [1.82, 2.24) is 5.32 Å². The van der Waals surface area contributed by atoms with Gasteiger partial charge in [0.15, 0.2) is 0 Å². The van der Waals surface area contributed by atoms with Gasteiger partial charge < -0.3 is 15.2 Å². The molecule has 3 rings (SSSR count). The van der Waals surface area contributed by atoms with Crippen LogP contribution in [0.25, 0.3) is 0 Å². The van der Waals surface area contributed by atoms with E-state index in [2.05, 4.69) is 17.4 Å². The Labute approximate surface area is 142 Å². The van der Waals surface area contributed by atoms with E-state index in [9.17, 15) is 9.90 Å². The van der Waals surface area contributed by atoms with Gasteiger partial charge in [-0.15, -0.1) is 0 Å². The predicted molar refractivity (Wildman–Crippen MR) is 93.5 cm³/mol. The van der Waals surface area contributed by atoms with E-state index in [0.717, 1.165) is 12.8 Å². The van der Waals surface area contributed by atoms with E-state index in [4.69, 9.17) is 4.74 Å². The standard InChI is InChI=1S/C20H23NO3/c1-21-19(23)24-18-11-7-16(8-12-18)20(13-3-2-4-14-20)15-5-9-17(22)10-6-15/h5-12,22H,2-4,13-14H2,1H3,(H,21,23). The minimum absolute atomic E-state index is 0.0303. The molecule has 0 radical (unpaired) electrons. The minimum Gasteiger partial charge on any atom is -0.508 e. The normalized spacial score (nSPS) is 16.4. The summed E-state index contributed by atoms with van der Waals surface area (Å²) in [5.74, 6) is 0.828. The van der Waals surface area contributed by atoms with Gasteiger partial charge in [-0.2, -0.15) is 0 Å². The quantitative estimate of drug-likeness (QED) is 0.881. The summed E-state index contributed by atoms with van der Waals surface area (Å²) in [7, 11) is 1.54. The molecule has 1 aliphatic carbocycles. The van der Waals surface area contributed by atoms with Gasteiger partial charge in [-0.3, -0.25) is 0 Å². The number of nitrogens with one attached hydrogen (secondary N) is 1. The second-order valence-electron chi connectivity index (χ2n) is 6.35. The van der Waals surface area contributed by atoms with E-state index < -0.39 is 6.09 Å². The predicted octanol–water partition coefficient (Wildman–Crippen LogP) is 4.36. The Hall–Kier alpha value is -2.49. The van der Waals surface area contributed by atoms with Gasteiger partial charge in [-0.05, 0) is 48.2 Å². The maximum absolute atomic E-state index is 11.3. The minimum atomic E-state index is -0.464. The van der Waals surface area contributed by atoms with E-state index in [1.807, 2.05) is 24.3 Å². The zero-order chi connectivity index (χ0) is 17.0. The first kappa shape index (κ1) is 16.4. The zero-order valence-corrected chi connectivity index (χ0v) is 13.9. The highest BCUT2D eigenvalue weighted by Gasteiger charge is 2.35. The molecular weight excluding hydrogens is 302 g/mol. The molecule has 1 fully saturated rings. The lowest BCUT2D eigenvalue weighted by Gasteiger charge is -2.38. The Morgan fingerprint density at radius 1 is 0.958 bits per heavy atom. The summed E-state index contributed by atoms with van der Waals surface area (Å²) in [6.45, 7) is 0. The van der Waals surface area contributed by atoms with Crippen molar-refractivity contribution in [2.45, 2.75) is 37.5 Å². The molecule has 0 bridgehead atoms. The third-order valence-electron chi connectivity index (χ3n) is 4.95. The molecule has 0 heterocycles. The molecule has 4 heteroatoms. The van der Waals surface area contributed by atoms with Crippen LogP contribution in [0.1, 0.15) is 43.2 Å². The van der Waals surface area contributed by atoms with Crippen LogP contribution in [0.4, 0.5) is 4.79 Å². The van der Waals surface area contributed by atoms with Gasteiger partial charge >= 0.3 is 6.09 Å². The average molecular weight is 325 g/mol. The number of benzene rings is 2. The van der Waals surface area contributed by atoms with Crippen molar-refractivity contribution in [2.24, 2.45) is 0 Å². The average Bonchev–Trinajstić information content (AvgIpc) is 2.63. The fourth-order valence-corrected chi connectivity index (χ4v) is 3.68. The Morgan fingerprint density at radius 3 is 2.04 bits per heavy atom. The second kappa shape index (κ2) is 6.95. The van der Waals surface area contributed by atoms with Crippen LogP contribution in [-0.2, 0) is 5.41 Å². The molecule has 4 nitrogen and oxygen atoms in total. The lowest BCUT2D eigenvalue weighted by atomic mass is 9.65. The fourth-order valence-electron chi connectivity index (χ4n) is 3.68. The molecule has 1 saturated carbocycles. The van der Waals surface area contributed by atoms with Crippen LogP contribution in [-0.4, -0.2) is 18.2 Å². The monoisotopic (exact) mass is 325 g/mol. The van der Waals surface area contributed by atoms with Crippen molar-refractivity contribution in [3.63, 3.8) is 0 Å². The number of hydrogen-bond acceptors (Lipinski definition) is 3.